The number of ketones is 4. The Balaban J connectivity index is 1.63. The van der Waals surface area contributed by atoms with Crippen LogP contribution in [0.2, 0.25) is 0 Å². The molecule has 12 heteroatoms. The highest BCUT2D eigenvalue weighted by molar-refractivity contribution is 6.32. The Morgan fingerprint density at radius 1 is 1.24 bits per heavy atom. The number of morpholine rings is 1. The minimum Gasteiger partial charge on any atom is -0.507 e. The lowest BCUT2D eigenvalue weighted by Gasteiger charge is -2.52. The largest absolute Gasteiger partial charge is 0.507 e. The van der Waals surface area contributed by atoms with Crippen molar-refractivity contribution in [3.63, 3.8) is 0 Å². The number of phenols is 1. The van der Waals surface area contributed by atoms with Gasteiger partial charge in [-0.25, -0.2) is 0 Å². The highest BCUT2D eigenvalue weighted by Gasteiger charge is 2.69. The molecule has 1 heterocycles. The number of hydrogen-bond donors (Lipinski definition) is 4. The van der Waals surface area contributed by atoms with Gasteiger partial charge < -0.3 is 30.7 Å². The van der Waals surface area contributed by atoms with Crippen LogP contribution in [0, 0.1) is 23.7 Å². The molecule has 5 rings (SSSR count). The maximum absolute atomic E-state index is 13.9. The number of rotatable bonds is 4. The number of amides is 1. The lowest BCUT2D eigenvalue weighted by atomic mass is 9.52. The second kappa shape index (κ2) is 9.23. The van der Waals surface area contributed by atoms with Gasteiger partial charge in [0.1, 0.15) is 11.5 Å². The zero-order valence-electron chi connectivity index (χ0n) is 21.4. The number of nitrogens with one attached hydrogen (secondary N) is 1. The van der Waals surface area contributed by atoms with Gasteiger partial charge in [0.15, 0.2) is 34.7 Å². The third-order valence-corrected chi connectivity index (χ3v) is 8.54. The summed E-state index contributed by atoms with van der Waals surface area (Å²) in [5, 5.41) is 25.9. The fourth-order valence-corrected chi connectivity index (χ4v) is 6.94. The lowest BCUT2D eigenvalue weighted by molar-refractivity contribution is -0.181. The number of phenolic OH excluding ortho intramolecular Hbond substituents is 1. The fraction of sp³-hybridized carbons (Fsp3) is 0.577. The minimum atomic E-state index is -2.75. The number of fused-ring (bicyclic) bond motifs is 3. The molecule has 0 bridgehead atoms. The van der Waals surface area contributed by atoms with Crippen LogP contribution in [-0.2, 0) is 30.3 Å². The zero-order valence-corrected chi connectivity index (χ0v) is 21.4. The van der Waals surface area contributed by atoms with Crippen LogP contribution in [-0.4, -0.2) is 96.8 Å². The van der Waals surface area contributed by atoms with E-state index in [9.17, 15) is 34.2 Å². The van der Waals surface area contributed by atoms with Crippen LogP contribution in [0.3, 0.4) is 0 Å². The summed E-state index contributed by atoms with van der Waals surface area (Å²) in [7, 11) is 4.54. The van der Waals surface area contributed by atoms with Crippen molar-refractivity contribution < 1.29 is 43.7 Å². The maximum atomic E-state index is 13.9. The van der Waals surface area contributed by atoms with E-state index < -0.39 is 64.4 Å². The Bertz CT molecular complexity index is 1250. The third kappa shape index (κ3) is 3.54. The predicted molar refractivity (Wildman–Crippen MR) is 129 cm³/mol. The number of Topliss-reactive ketones (excluding diaryl/α,β-unsaturated/α-hetero) is 4. The predicted octanol–water partition coefficient (Wildman–Crippen LogP) is -1.46. The van der Waals surface area contributed by atoms with Crippen LogP contribution in [0.1, 0.15) is 33.9 Å². The average Bonchev–Trinajstić information content (AvgIpc) is 2.86. The van der Waals surface area contributed by atoms with Crippen LogP contribution in [0.4, 0.5) is 0 Å². The minimum absolute atomic E-state index is 0.0250. The number of methoxy groups -OCH3 is 1. The summed E-state index contributed by atoms with van der Waals surface area (Å²) in [5.41, 5.74) is 3.51. The third-order valence-electron chi connectivity index (χ3n) is 8.54. The zero-order chi connectivity index (χ0) is 27.7. The first-order valence-corrected chi connectivity index (χ1v) is 12.5. The number of benzene rings is 1. The molecule has 1 aromatic carbocycles. The van der Waals surface area contributed by atoms with E-state index >= 15 is 0 Å². The Labute approximate surface area is 218 Å². The number of primary amides is 1. The summed E-state index contributed by atoms with van der Waals surface area (Å²) in [6, 6.07) is -0.0389. The summed E-state index contributed by atoms with van der Waals surface area (Å²) in [6.45, 7) is 1.45. The normalized spacial score (nSPS) is 35.0. The van der Waals surface area contributed by atoms with Gasteiger partial charge in [-0.3, -0.25) is 28.9 Å². The summed E-state index contributed by atoms with van der Waals surface area (Å²) >= 11 is 0. The van der Waals surface area contributed by atoms with Gasteiger partial charge in [0.25, 0.3) is 0 Å². The van der Waals surface area contributed by atoms with E-state index in [2.05, 4.69) is 5.32 Å². The molecule has 7 unspecified atom stereocenters. The number of carbonyl (C=O) groups excluding carboxylic acids is 5. The summed E-state index contributed by atoms with van der Waals surface area (Å²) in [4.78, 5) is 67.7. The molecular formula is C26H31N3O9. The fourth-order valence-electron chi connectivity index (χ4n) is 6.94. The average molecular weight is 530 g/mol. The van der Waals surface area contributed by atoms with Crippen LogP contribution in [0.5, 0.6) is 11.5 Å². The van der Waals surface area contributed by atoms with Gasteiger partial charge in [-0.15, -0.1) is 0 Å². The molecule has 0 radical (unpaired) electrons. The molecule has 2 saturated carbocycles. The van der Waals surface area contributed by atoms with Gasteiger partial charge in [0.2, 0.25) is 5.91 Å². The molecule has 0 aromatic heterocycles. The molecule has 1 aliphatic heterocycles. The van der Waals surface area contributed by atoms with Crippen LogP contribution in [0.25, 0.3) is 0 Å². The first-order valence-electron chi connectivity index (χ1n) is 12.5. The molecule has 38 heavy (non-hydrogen) atoms. The number of nitrogens with zero attached hydrogens (tertiary/aromatic N) is 1. The number of aliphatic hydroxyl groups is 1. The SMILES string of the molecule is COc1c(C2COCCN2)cc(O)c2c1CC1CC3C(N(C)C)C(=O)C(C(N)=O)C(=O)C3(O)C(=O)C1C2=O. The number of nitrogens with two attached hydrogens (primary N) is 1. The standard InChI is InChI=1S/C26H31N3O9/c1-29(2)19-13-7-10-6-12-17(15(30)8-11(22(12)37-3)14-9-38-5-4-28-14)20(31)16(10)23(33)26(13,36)24(34)18(21(19)32)25(27)35/h8,10,13-14,16,18-19,28,30,36H,4-7,9H2,1-3H3,(H2,27,35). The first-order chi connectivity index (χ1) is 17.9. The summed E-state index contributed by atoms with van der Waals surface area (Å²) in [6.07, 6.45) is 0.104. The van der Waals surface area contributed by atoms with Crippen molar-refractivity contribution in [3.8, 4) is 11.5 Å². The quantitative estimate of drug-likeness (QED) is 0.334. The monoisotopic (exact) mass is 529 g/mol. The van der Waals surface area contributed by atoms with E-state index in [1.165, 1.54) is 18.1 Å². The van der Waals surface area contributed by atoms with Crippen LogP contribution < -0.4 is 15.8 Å². The molecular weight excluding hydrogens is 498 g/mol. The Morgan fingerprint density at radius 2 is 1.95 bits per heavy atom. The molecule has 0 spiro atoms. The van der Waals surface area contributed by atoms with Gasteiger partial charge in [-0.05, 0) is 38.9 Å². The van der Waals surface area contributed by atoms with E-state index in [4.69, 9.17) is 15.2 Å². The van der Waals surface area contributed by atoms with Crippen molar-refractivity contribution in [2.24, 2.45) is 29.4 Å². The molecule has 204 valence electrons. The van der Waals surface area contributed by atoms with E-state index in [1.807, 2.05) is 0 Å². The van der Waals surface area contributed by atoms with Crippen LogP contribution in [0.15, 0.2) is 6.07 Å². The Hall–Kier alpha value is -3.19. The van der Waals surface area contributed by atoms with Crippen molar-refractivity contribution in [2.75, 3.05) is 41.0 Å². The van der Waals surface area contributed by atoms with Gasteiger partial charge >= 0.3 is 0 Å². The Morgan fingerprint density at radius 3 is 2.53 bits per heavy atom. The molecule has 1 aromatic rings. The van der Waals surface area contributed by atoms with Crippen molar-refractivity contribution in [2.45, 2.75) is 30.5 Å². The topological polar surface area (TPSA) is 186 Å². The van der Waals surface area contributed by atoms with Gasteiger partial charge in [0.05, 0.1) is 43.9 Å². The molecule has 7 atom stereocenters. The van der Waals surface area contributed by atoms with E-state index in [0.717, 1.165) is 0 Å². The number of carbonyl (C=O) groups is 5. The lowest BCUT2D eigenvalue weighted by Crippen LogP contribution is -2.74. The molecule has 1 saturated heterocycles. The van der Waals surface area contributed by atoms with Crippen molar-refractivity contribution in [3.05, 3.63) is 22.8 Å². The van der Waals surface area contributed by atoms with Crippen molar-refractivity contribution >= 4 is 29.0 Å². The number of hydrogen-bond acceptors (Lipinski definition) is 11. The van der Waals surface area contributed by atoms with Crippen molar-refractivity contribution in [1.29, 1.82) is 0 Å². The molecule has 3 aliphatic carbocycles. The summed E-state index contributed by atoms with van der Waals surface area (Å²) < 4.78 is 11.3. The highest BCUT2D eigenvalue weighted by Crippen LogP contribution is 2.52. The maximum Gasteiger partial charge on any atom is 0.235 e. The smallest absolute Gasteiger partial charge is 0.235 e. The first kappa shape index (κ1) is 26.4. The van der Waals surface area contributed by atoms with Gasteiger partial charge in [-0.2, -0.15) is 0 Å². The van der Waals surface area contributed by atoms with E-state index in [0.29, 0.717) is 36.6 Å². The number of likely N-dealkylation sites (N-methyl/N-ethyl adjacent to an activating group) is 1. The summed E-state index contributed by atoms with van der Waals surface area (Å²) in [5.74, 6) is -10.4. The van der Waals surface area contributed by atoms with Gasteiger partial charge in [-0.1, -0.05) is 0 Å². The number of ether oxygens (including phenoxy) is 2. The molecule has 4 aliphatic rings. The second-order valence-electron chi connectivity index (χ2n) is 10.7. The molecule has 1 amide bonds. The second-order valence-corrected chi connectivity index (χ2v) is 10.7. The number of aromatic hydroxyl groups is 1. The molecule has 3 fully saturated rings. The highest BCUT2D eigenvalue weighted by atomic mass is 16.5. The Kier molecular flexibility index (Phi) is 6.41. The van der Waals surface area contributed by atoms with E-state index in [-0.39, 0.29) is 30.2 Å². The van der Waals surface area contributed by atoms with E-state index in [1.54, 1.807) is 14.1 Å². The van der Waals surface area contributed by atoms with Gasteiger partial charge in [0, 0.05) is 23.6 Å². The van der Waals surface area contributed by atoms with Crippen LogP contribution >= 0.6 is 0 Å². The molecule has 12 nitrogen and oxygen atoms in total. The molecule has 5 N–H and O–H groups in total. The van der Waals surface area contributed by atoms with Crippen molar-refractivity contribution in [1.82, 2.24) is 10.2 Å².